The Hall–Kier alpha value is -1.88. The van der Waals surface area contributed by atoms with Crippen LogP contribution in [0.15, 0.2) is 31.0 Å². The molecule has 2 aromatic heterocycles. The second kappa shape index (κ2) is 5.18. The molecule has 0 aliphatic carbocycles. The highest BCUT2D eigenvalue weighted by molar-refractivity contribution is 5.29. The zero-order chi connectivity index (χ0) is 13.1. The number of aromatic nitrogens is 3. The van der Waals surface area contributed by atoms with Crippen LogP contribution in [-0.4, -0.2) is 26.8 Å². The molecule has 0 bridgehead atoms. The van der Waals surface area contributed by atoms with E-state index in [9.17, 15) is 5.11 Å². The third-order valence-corrected chi connectivity index (χ3v) is 2.82. The van der Waals surface area contributed by atoms with Gasteiger partial charge in [0.05, 0.1) is 31.5 Å². The lowest BCUT2D eigenvalue weighted by Crippen LogP contribution is -2.10. The third kappa shape index (κ3) is 2.36. The van der Waals surface area contributed by atoms with Crippen molar-refractivity contribution >= 4 is 0 Å². The summed E-state index contributed by atoms with van der Waals surface area (Å²) in [5.41, 5.74) is 1.44. The van der Waals surface area contributed by atoms with E-state index in [4.69, 9.17) is 4.74 Å². The molecule has 0 radical (unpaired) electrons. The molecule has 18 heavy (non-hydrogen) atoms. The van der Waals surface area contributed by atoms with Crippen molar-refractivity contribution in [2.45, 2.75) is 26.0 Å². The Morgan fingerprint density at radius 2 is 2.00 bits per heavy atom. The first kappa shape index (κ1) is 12.6. The normalized spacial score (nSPS) is 12.7. The second-order valence-corrected chi connectivity index (χ2v) is 4.38. The molecule has 1 N–H and O–H groups in total. The van der Waals surface area contributed by atoms with Gasteiger partial charge in [-0.2, -0.15) is 0 Å². The van der Waals surface area contributed by atoms with Crippen LogP contribution in [0.3, 0.4) is 0 Å². The van der Waals surface area contributed by atoms with Gasteiger partial charge in [0.1, 0.15) is 11.9 Å². The summed E-state index contributed by atoms with van der Waals surface area (Å²) in [4.78, 5) is 8.13. The van der Waals surface area contributed by atoms with Crippen LogP contribution >= 0.6 is 0 Å². The van der Waals surface area contributed by atoms with Crippen LogP contribution < -0.4 is 4.74 Å². The van der Waals surface area contributed by atoms with E-state index in [1.807, 2.05) is 18.4 Å². The number of methoxy groups -OCH3 is 1. The maximum Gasteiger partial charge on any atom is 0.137 e. The molecule has 1 atom stereocenters. The molecule has 0 saturated heterocycles. The lowest BCUT2D eigenvalue weighted by molar-refractivity contribution is 0.207. The molecule has 0 aliphatic rings. The van der Waals surface area contributed by atoms with E-state index in [1.54, 1.807) is 38.1 Å². The maximum atomic E-state index is 10.4. The van der Waals surface area contributed by atoms with Gasteiger partial charge in [0.25, 0.3) is 0 Å². The first-order chi connectivity index (χ1) is 8.63. The summed E-state index contributed by atoms with van der Waals surface area (Å²) in [6, 6.07) is 2.02. The Morgan fingerprint density at radius 1 is 1.22 bits per heavy atom. The van der Waals surface area contributed by atoms with Crippen molar-refractivity contribution in [2.75, 3.05) is 7.11 Å². The number of ether oxygens (including phenoxy) is 1. The van der Waals surface area contributed by atoms with Crippen molar-refractivity contribution in [1.29, 1.82) is 0 Å². The largest absolute Gasteiger partial charge is 0.495 e. The van der Waals surface area contributed by atoms with Crippen LogP contribution in [0.1, 0.15) is 37.3 Å². The van der Waals surface area contributed by atoms with Crippen molar-refractivity contribution < 1.29 is 9.84 Å². The van der Waals surface area contributed by atoms with Crippen molar-refractivity contribution in [3.8, 4) is 5.75 Å². The van der Waals surface area contributed by atoms with Crippen LogP contribution in [0.5, 0.6) is 5.75 Å². The average molecular weight is 247 g/mol. The van der Waals surface area contributed by atoms with Crippen molar-refractivity contribution in [1.82, 2.24) is 14.5 Å². The Kier molecular flexibility index (Phi) is 3.62. The molecule has 2 aromatic rings. The van der Waals surface area contributed by atoms with Gasteiger partial charge in [-0.15, -0.1) is 0 Å². The van der Waals surface area contributed by atoms with Gasteiger partial charge in [0, 0.05) is 17.8 Å². The third-order valence-electron chi connectivity index (χ3n) is 2.82. The number of aliphatic hydroxyl groups excluding tert-OH is 1. The van der Waals surface area contributed by atoms with Crippen LogP contribution in [0.4, 0.5) is 0 Å². The highest BCUT2D eigenvalue weighted by atomic mass is 16.5. The van der Waals surface area contributed by atoms with Gasteiger partial charge in [-0.25, -0.2) is 4.98 Å². The number of nitrogens with zero attached hydrogens (tertiary/aromatic N) is 3. The van der Waals surface area contributed by atoms with Gasteiger partial charge in [0.2, 0.25) is 0 Å². The average Bonchev–Trinajstić information content (AvgIpc) is 2.87. The SMILES string of the molecule is COc1cncc(C(O)c2cncn2C(C)C)c1. The van der Waals surface area contributed by atoms with Crippen LogP contribution in [-0.2, 0) is 0 Å². The van der Waals surface area contributed by atoms with Crippen LogP contribution in [0.2, 0.25) is 0 Å². The Labute approximate surface area is 106 Å². The zero-order valence-electron chi connectivity index (χ0n) is 10.7. The highest BCUT2D eigenvalue weighted by Crippen LogP contribution is 2.25. The van der Waals surface area contributed by atoms with Crippen LogP contribution in [0.25, 0.3) is 0 Å². The molecule has 0 saturated carbocycles. The zero-order valence-corrected chi connectivity index (χ0v) is 10.7. The number of hydrogen-bond acceptors (Lipinski definition) is 4. The summed E-state index contributed by atoms with van der Waals surface area (Å²) in [5.74, 6) is 0.627. The van der Waals surface area contributed by atoms with E-state index >= 15 is 0 Å². The molecule has 0 fully saturated rings. The monoisotopic (exact) mass is 247 g/mol. The summed E-state index contributed by atoms with van der Waals surface area (Å²) in [5, 5.41) is 10.4. The van der Waals surface area contributed by atoms with Crippen molar-refractivity contribution in [3.05, 3.63) is 42.2 Å². The van der Waals surface area contributed by atoms with E-state index in [2.05, 4.69) is 9.97 Å². The minimum absolute atomic E-state index is 0.246. The fourth-order valence-corrected chi connectivity index (χ4v) is 1.83. The van der Waals surface area contributed by atoms with Gasteiger partial charge in [-0.1, -0.05) is 0 Å². The predicted octanol–water partition coefficient (Wildman–Crippen LogP) is 1.95. The van der Waals surface area contributed by atoms with Crippen molar-refractivity contribution in [2.24, 2.45) is 0 Å². The molecule has 96 valence electrons. The van der Waals surface area contributed by atoms with Gasteiger partial charge in [-0.05, 0) is 19.9 Å². The van der Waals surface area contributed by atoms with Crippen molar-refractivity contribution in [3.63, 3.8) is 0 Å². The summed E-state index contributed by atoms with van der Waals surface area (Å²) in [7, 11) is 1.57. The van der Waals surface area contributed by atoms with Gasteiger partial charge in [-0.3, -0.25) is 4.98 Å². The Bertz CT molecular complexity index is 522. The minimum Gasteiger partial charge on any atom is -0.495 e. The molecule has 2 heterocycles. The summed E-state index contributed by atoms with van der Waals surface area (Å²) < 4.78 is 7.04. The summed E-state index contributed by atoms with van der Waals surface area (Å²) >= 11 is 0. The van der Waals surface area contributed by atoms with Gasteiger partial charge in [0.15, 0.2) is 0 Å². The van der Waals surface area contributed by atoms with Gasteiger partial charge < -0.3 is 14.4 Å². The smallest absolute Gasteiger partial charge is 0.137 e. The molecule has 0 amide bonds. The molecule has 0 aromatic carbocycles. The standard InChI is InChI=1S/C13H17N3O2/c1-9(2)16-8-15-7-12(16)13(17)10-4-11(18-3)6-14-5-10/h4-9,13,17H,1-3H3. The molecule has 0 aliphatic heterocycles. The first-order valence-electron chi connectivity index (χ1n) is 5.82. The number of pyridine rings is 1. The quantitative estimate of drug-likeness (QED) is 0.897. The molecule has 5 heteroatoms. The molecule has 5 nitrogen and oxygen atoms in total. The van der Waals surface area contributed by atoms with E-state index in [-0.39, 0.29) is 6.04 Å². The topological polar surface area (TPSA) is 60.2 Å². The molecule has 2 rings (SSSR count). The van der Waals surface area contributed by atoms with Gasteiger partial charge >= 0.3 is 0 Å². The van der Waals surface area contributed by atoms with E-state index < -0.39 is 6.10 Å². The second-order valence-electron chi connectivity index (χ2n) is 4.38. The fourth-order valence-electron chi connectivity index (χ4n) is 1.83. The number of aliphatic hydroxyl groups is 1. The molecule has 0 spiro atoms. The molecular weight excluding hydrogens is 230 g/mol. The predicted molar refractivity (Wildman–Crippen MR) is 67.5 cm³/mol. The van der Waals surface area contributed by atoms with E-state index in [0.717, 1.165) is 5.69 Å². The lowest BCUT2D eigenvalue weighted by Gasteiger charge is -2.16. The summed E-state index contributed by atoms with van der Waals surface area (Å²) in [6.07, 6.45) is 5.87. The first-order valence-corrected chi connectivity index (χ1v) is 5.82. The van der Waals surface area contributed by atoms with Crippen LogP contribution in [0, 0.1) is 0 Å². The minimum atomic E-state index is -0.752. The van der Waals surface area contributed by atoms with E-state index in [1.165, 1.54) is 0 Å². The Morgan fingerprint density at radius 3 is 2.67 bits per heavy atom. The lowest BCUT2D eigenvalue weighted by atomic mass is 10.1. The molecule has 1 unspecified atom stereocenters. The number of hydrogen-bond donors (Lipinski definition) is 1. The number of rotatable bonds is 4. The van der Waals surface area contributed by atoms with E-state index in [0.29, 0.717) is 11.3 Å². The molecular formula is C13H17N3O2. The maximum absolute atomic E-state index is 10.4. The summed E-state index contributed by atoms with van der Waals surface area (Å²) in [6.45, 7) is 4.09. The fraction of sp³-hybridized carbons (Fsp3) is 0.385. The number of imidazole rings is 1. The highest BCUT2D eigenvalue weighted by Gasteiger charge is 2.17. The Balaban J connectivity index is 2.35.